The van der Waals surface area contributed by atoms with Gasteiger partial charge in [0, 0.05) is 6.42 Å². The Balaban J connectivity index is 4.15. The molecule has 0 aliphatic carbocycles. The van der Waals surface area contributed by atoms with Crippen molar-refractivity contribution in [3.63, 3.8) is 0 Å². The summed E-state index contributed by atoms with van der Waals surface area (Å²) in [6, 6.07) is 0. The van der Waals surface area contributed by atoms with E-state index in [-0.39, 0.29) is 0 Å². The van der Waals surface area contributed by atoms with Gasteiger partial charge in [0.25, 0.3) is 0 Å². The monoisotopic (exact) mass is 170 g/mol. The van der Waals surface area contributed by atoms with Crippen molar-refractivity contribution in [3.8, 4) is 0 Å². The molecule has 0 aromatic heterocycles. The molecule has 12 heavy (non-hydrogen) atoms. The van der Waals surface area contributed by atoms with Gasteiger partial charge >= 0.3 is 0 Å². The lowest BCUT2D eigenvalue weighted by Gasteiger charge is -2.26. The minimum absolute atomic E-state index is 0.366. The Morgan fingerprint density at radius 1 is 1.33 bits per heavy atom. The third-order valence-electron chi connectivity index (χ3n) is 1.72. The third kappa shape index (κ3) is 4.31. The van der Waals surface area contributed by atoms with Crippen LogP contribution >= 0.6 is 0 Å². The second kappa shape index (κ2) is 5.12. The van der Waals surface area contributed by atoms with Crippen molar-refractivity contribution in [3.05, 3.63) is 25.3 Å². The number of aliphatic hydroxyl groups excluding tert-OH is 1. The molecule has 2 N–H and O–H groups in total. The van der Waals surface area contributed by atoms with Crippen LogP contribution in [0.2, 0.25) is 0 Å². The maximum absolute atomic E-state index is 9.88. The summed E-state index contributed by atoms with van der Waals surface area (Å²) in [4.78, 5) is 0. The molecule has 70 valence electrons. The van der Waals surface area contributed by atoms with Gasteiger partial charge in [-0.1, -0.05) is 12.2 Å². The molecule has 1 atom stereocenters. The topological polar surface area (TPSA) is 40.5 Å². The van der Waals surface area contributed by atoms with Crippen LogP contribution in [-0.2, 0) is 0 Å². The Labute approximate surface area is 74.2 Å². The molecular formula is C10H18O2. The van der Waals surface area contributed by atoms with Gasteiger partial charge in [0.15, 0.2) is 0 Å². The normalized spacial score (nSPS) is 13.9. The van der Waals surface area contributed by atoms with E-state index in [0.29, 0.717) is 19.3 Å². The van der Waals surface area contributed by atoms with Crippen LogP contribution in [0.15, 0.2) is 25.3 Å². The minimum Gasteiger partial charge on any atom is -0.393 e. The van der Waals surface area contributed by atoms with E-state index >= 15 is 0 Å². The third-order valence-corrected chi connectivity index (χ3v) is 1.72. The maximum atomic E-state index is 9.88. The highest BCUT2D eigenvalue weighted by Crippen LogP contribution is 2.22. The molecule has 0 heterocycles. The van der Waals surface area contributed by atoms with Crippen molar-refractivity contribution in [2.24, 2.45) is 0 Å². The van der Waals surface area contributed by atoms with Crippen molar-refractivity contribution in [2.45, 2.75) is 37.9 Å². The number of hydrogen-bond donors (Lipinski definition) is 2. The molecule has 0 saturated carbocycles. The Hall–Kier alpha value is -0.600. The Morgan fingerprint density at radius 2 is 1.75 bits per heavy atom. The molecule has 0 aromatic carbocycles. The minimum atomic E-state index is -0.863. The fourth-order valence-electron chi connectivity index (χ4n) is 1.34. The van der Waals surface area contributed by atoms with E-state index < -0.39 is 11.7 Å². The van der Waals surface area contributed by atoms with E-state index in [1.807, 2.05) is 0 Å². The summed E-state index contributed by atoms with van der Waals surface area (Å²) in [5.41, 5.74) is -0.863. The first-order chi connectivity index (χ1) is 5.54. The lowest BCUT2D eigenvalue weighted by molar-refractivity contribution is -0.00108. The number of hydrogen-bond acceptors (Lipinski definition) is 2. The Morgan fingerprint density at radius 3 is 2.00 bits per heavy atom. The first kappa shape index (κ1) is 11.4. The summed E-state index contributed by atoms with van der Waals surface area (Å²) in [7, 11) is 0. The molecular weight excluding hydrogens is 152 g/mol. The van der Waals surface area contributed by atoms with Gasteiger partial charge in [-0.05, 0) is 19.8 Å². The second-order valence-corrected chi connectivity index (χ2v) is 3.26. The van der Waals surface area contributed by atoms with Crippen molar-refractivity contribution in [1.82, 2.24) is 0 Å². The van der Waals surface area contributed by atoms with Gasteiger partial charge in [0.1, 0.15) is 0 Å². The number of rotatable bonds is 6. The molecule has 0 saturated heterocycles. The van der Waals surface area contributed by atoms with Crippen LogP contribution in [0.1, 0.15) is 26.2 Å². The maximum Gasteiger partial charge on any atom is 0.0740 e. The molecule has 0 fully saturated rings. The van der Waals surface area contributed by atoms with E-state index in [4.69, 9.17) is 5.11 Å². The molecule has 2 nitrogen and oxygen atoms in total. The lowest BCUT2D eigenvalue weighted by Crippen LogP contribution is -2.31. The van der Waals surface area contributed by atoms with E-state index in [1.54, 1.807) is 19.1 Å². The summed E-state index contributed by atoms with van der Waals surface area (Å²) >= 11 is 0. The molecule has 0 spiro atoms. The predicted octanol–water partition coefficient (Wildman–Crippen LogP) is 1.64. The molecule has 1 unspecified atom stereocenters. The zero-order chi connectivity index (χ0) is 9.61. The molecule has 0 bridgehead atoms. The van der Waals surface area contributed by atoms with Crippen molar-refractivity contribution >= 4 is 0 Å². The van der Waals surface area contributed by atoms with Crippen molar-refractivity contribution in [2.75, 3.05) is 0 Å². The summed E-state index contributed by atoms with van der Waals surface area (Å²) in [5.74, 6) is 0. The lowest BCUT2D eigenvalue weighted by atomic mass is 9.89. The van der Waals surface area contributed by atoms with Crippen LogP contribution in [0.3, 0.4) is 0 Å². The smallest absolute Gasteiger partial charge is 0.0740 e. The van der Waals surface area contributed by atoms with E-state index in [2.05, 4.69) is 13.2 Å². The highest BCUT2D eigenvalue weighted by atomic mass is 16.3. The molecule has 2 heteroatoms. The van der Waals surface area contributed by atoms with E-state index in [9.17, 15) is 5.11 Å². The van der Waals surface area contributed by atoms with Gasteiger partial charge in [-0.2, -0.15) is 0 Å². The fraction of sp³-hybridized carbons (Fsp3) is 0.600. The van der Waals surface area contributed by atoms with E-state index in [0.717, 1.165) is 0 Å². The largest absolute Gasteiger partial charge is 0.393 e. The van der Waals surface area contributed by atoms with Gasteiger partial charge in [0.2, 0.25) is 0 Å². The zero-order valence-electron chi connectivity index (χ0n) is 7.66. The quantitative estimate of drug-likeness (QED) is 0.595. The van der Waals surface area contributed by atoms with Gasteiger partial charge in [-0.15, -0.1) is 13.2 Å². The predicted molar refractivity (Wildman–Crippen MR) is 50.9 cm³/mol. The molecule has 0 aliphatic heterocycles. The summed E-state index contributed by atoms with van der Waals surface area (Å²) < 4.78 is 0. The van der Waals surface area contributed by atoms with Crippen LogP contribution in [0.5, 0.6) is 0 Å². The van der Waals surface area contributed by atoms with Crippen molar-refractivity contribution in [1.29, 1.82) is 0 Å². The Kier molecular flexibility index (Phi) is 4.86. The molecule has 0 aliphatic rings. The molecule has 0 amide bonds. The van der Waals surface area contributed by atoms with Crippen LogP contribution in [0, 0.1) is 0 Å². The van der Waals surface area contributed by atoms with Gasteiger partial charge in [-0.3, -0.25) is 0 Å². The van der Waals surface area contributed by atoms with Crippen LogP contribution in [0.25, 0.3) is 0 Å². The summed E-state index contributed by atoms with van der Waals surface area (Å²) in [6.07, 6.45) is 4.17. The van der Waals surface area contributed by atoms with Gasteiger partial charge in [-0.25, -0.2) is 0 Å². The standard InChI is InChI=1S/C10H18O2/c1-4-6-10(12,7-5-2)8-9(3)11/h4-5,9,11-12H,1-2,6-8H2,3H3. The van der Waals surface area contributed by atoms with Crippen LogP contribution in [-0.4, -0.2) is 21.9 Å². The zero-order valence-corrected chi connectivity index (χ0v) is 7.66. The number of aliphatic hydroxyl groups is 2. The highest BCUT2D eigenvalue weighted by molar-refractivity contribution is 4.92. The average molecular weight is 170 g/mol. The second-order valence-electron chi connectivity index (χ2n) is 3.26. The first-order valence-electron chi connectivity index (χ1n) is 4.16. The van der Waals surface area contributed by atoms with Gasteiger partial charge < -0.3 is 10.2 Å². The molecule has 0 rings (SSSR count). The SMILES string of the molecule is C=CCC(O)(CC=C)CC(C)O. The Bertz CT molecular complexity index is 140. The van der Waals surface area contributed by atoms with Gasteiger partial charge in [0.05, 0.1) is 11.7 Å². The molecule has 0 radical (unpaired) electrons. The average Bonchev–Trinajstić information content (AvgIpc) is 1.85. The first-order valence-corrected chi connectivity index (χ1v) is 4.16. The summed E-state index contributed by atoms with van der Waals surface area (Å²) in [5, 5.41) is 19.0. The van der Waals surface area contributed by atoms with Crippen LogP contribution < -0.4 is 0 Å². The highest BCUT2D eigenvalue weighted by Gasteiger charge is 2.25. The van der Waals surface area contributed by atoms with E-state index in [1.165, 1.54) is 0 Å². The molecule has 0 aromatic rings. The fourth-order valence-corrected chi connectivity index (χ4v) is 1.34. The van der Waals surface area contributed by atoms with Crippen molar-refractivity contribution < 1.29 is 10.2 Å². The van der Waals surface area contributed by atoms with Crippen LogP contribution in [0.4, 0.5) is 0 Å². The summed E-state index contributed by atoms with van der Waals surface area (Å²) in [6.45, 7) is 8.78.